The molecule has 0 unspecified atom stereocenters. The van der Waals surface area contributed by atoms with Gasteiger partial charge in [0.25, 0.3) is 0 Å². The van der Waals surface area contributed by atoms with Gasteiger partial charge in [-0.3, -0.25) is 9.78 Å². The summed E-state index contributed by atoms with van der Waals surface area (Å²) in [6.45, 7) is 1.56. The molecule has 1 aliphatic rings. The van der Waals surface area contributed by atoms with Crippen LogP contribution in [0.25, 0.3) is 0 Å². The molecular formula is C12H16N2O. The second kappa shape index (κ2) is 4.43. The minimum Gasteiger partial charge on any atom is -0.348 e. The molecular weight excluding hydrogens is 188 g/mol. The van der Waals surface area contributed by atoms with Gasteiger partial charge in [-0.05, 0) is 30.9 Å². The van der Waals surface area contributed by atoms with E-state index in [9.17, 15) is 4.79 Å². The van der Waals surface area contributed by atoms with Gasteiger partial charge in [0.2, 0.25) is 5.91 Å². The smallest absolute Gasteiger partial charge is 0.217 e. The van der Waals surface area contributed by atoms with Crippen molar-refractivity contribution >= 4 is 5.91 Å². The molecule has 1 aromatic rings. The maximum atomic E-state index is 11.1. The molecule has 0 spiro atoms. The number of pyridine rings is 1. The van der Waals surface area contributed by atoms with Gasteiger partial charge in [0.05, 0.1) is 11.7 Å². The van der Waals surface area contributed by atoms with Gasteiger partial charge in [0, 0.05) is 13.1 Å². The number of nitrogens with zero attached hydrogens (tertiary/aromatic N) is 1. The van der Waals surface area contributed by atoms with Crippen molar-refractivity contribution in [2.75, 3.05) is 0 Å². The zero-order valence-electron chi connectivity index (χ0n) is 8.99. The second-order valence-electron chi connectivity index (χ2n) is 4.05. The van der Waals surface area contributed by atoms with E-state index in [1.807, 2.05) is 6.07 Å². The van der Waals surface area contributed by atoms with Gasteiger partial charge in [-0.2, -0.15) is 0 Å². The van der Waals surface area contributed by atoms with Gasteiger partial charge in [0.1, 0.15) is 0 Å². The quantitative estimate of drug-likeness (QED) is 0.711. The Morgan fingerprint density at radius 1 is 1.53 bits per heavy atom. The van der Waals surface area contributed by atoms with Crippen molar-refractivity contribution in [3.8, 4) is 0 Å². The summed E-state index contributed by atoms with van der Waals surface area (Å²) < 4.78 is 0. The molecule has 15 heavy (non-hydrogen) atoms. The van der Waals surface area contributed by atoms with E-state index in [0.717, 1.165) is 25.0 Å². The molecule has 1 amide bonds. The zero-order chi connectivity index (χ0) is 10.7. The van der Waals surface area contributed by atoms with E-state index in [0.29, 0.717) is 0 Å². The Morgan fingerprint density at radius 2 is 2.40 bits per heavy atom. The maximum Gasteiger partial charge on any atom is 0.217 e. The molecule has 1 heterocycles. The number of aromatic nitrogens is 1. The van der Waals surface area contributed by atoms with Crippen molar-refractivity contribution in [3.63, 3.8) is 0 Å². The summed E-state index contributed by atoms with van der Waals surface area (Å²) in [5.74, 6) is 0.0264. The highest BCUT2D eigenvalue weighted by Gasteiger charge is 2.19. The van der Waals surface area contributed by atoms with Crippen molar-refractivity contribution in [2.24, 2.45) is 0 Å². The first-order chi connectivity index (χ1) is 7.27. The Morgan fingerprint density at radius 3 is 3.20 bits per heavy atom. The molecule has 0 bridgehead atoms. The molecule has 0 radical (unpaired) electrons. The third-order valence-electron chi connectivity index (χ3n) is 2.82. The van der Waals surface area contributed by atoms with Gasteiger partial charge in [0.15, 0.2) is 0 Å². The minimum absolute atomic E-state index is 0.0264. The summed E-state index contributed by atoms with van der Waals surface area (Å²) in [6, 6.07) is 4.19. The molecule has 0 fully saturated rings. The molecule has 0 saturated carbocycles. The fourth-order valence-corrected chi connectivity index (χ4v) is 2.16. The van der Waals surface area contributed by atoms with Crippen LogP contribution in [-0.2, 0) is 11.2 Å². The van der Waals surface area contributed by atoms with Crippen LogP contribution in [0.4, 0.5) is 0 Å². The van der Waals surface area contributed by atoms with E-state index in [1.54, 1.807) is 13.1 Å². The van der Waals surface area contributed by atoms with Crippen molar-refractivity contribution in [1.29, 1.82) is 0 Å². The molecule has 1 atom stereocenters. The van der Waals surface area contributed by atoms with E-state index in [-0.39, 0.29) is 11.9 Å². The highest BCUT2D eigenvalue weighted by atomic mass is 16.1. The summed E-state index contributed by atoms with van der Waals surface area (Å²) >= 11 is 0. The van der Waals surface area contributed by atoms with Crippen molar-refractivity contribution in [3.05, 3.63) is 29.6 Å². The lowest BCUT2D eigenvalue weighted by atomic mass is 10.1. The van der Waals surface area contributed by atoms with Crippen molar-refractivity contribution in [1.82, 2.24) is 10.3 Å². The van der Waals surface area contributed by atoms with E-state index < -0.39 is 0 Å². The molecule has 2 rings (SSSR count). The Balaban J connectivity index is 2.28. The van der Waals surface area contributed by atoms with Crippen LogP contribution in [0.5, 0.6) is 0 Å². The van der Waals surface area contributed by atoms with Crippen LogP contribution < -0.4 is 5.32 Å². The molecule has 1 aromatic heterocycles. The van der Waals surface area contributed by atoms with Crippen LogP contribution in [0.3, 0.4) is 0 Å². The van der Waals surface area contributed by atoms with Crippen molar-refractivity contribution in [2.45, 2.75) is 38.6 Å². The van der Waals surface area contributed by atoms with E-state index in [1.165, 1.54) is 12.0 Å². The topological polar surface area (TPSA) is 42.0 Å². The SMILES string of the molecule is CC(=O)N[C@@H]1CCCCc2cccnc21. The van der Waals surface area contributed by atoms with Crippen LogP contribution in [0.2, 0.25) is 0 Å². The molecule has 80 valence electrons. The fraction of sp³-hybridized carbons (Fsp3) is 0.500. The number of hydrogen-bond acceptors (Lipinski definition) is 2. The number of carbonyl (C=O) groups excluding carboxylic acids is 1. The zero-order valence-corrected chi connectivity index (χ0v) is 8.99. The monoisotopic (exact) mass is 204 g/mol. The number of carbonyl (C=O) groups is 1. The summed E-state index contributed by atoms with van der Waals surface area (Å²) in [4.78, 5) is 15.5. The summed E-state index contributed by atoms with van der Waals surface area (Å²) in [7, 11) is 0. The highest BCUT2D eigenvalue weighted by molar-refractivity contribution is 5.73. The van der Waals surface area contributed by atoms with Gasteiger partial charge in [-0.25, -0.2) is 0 Å². The molecule has 1 N–H and O–H groups in total. The molecule has 3 heteroatoms. The second-order valence-corrected chi connectivity index (χ2v) is 4.05. The molecule has 0 aromatic carbocycles. The number of hydrogen-bond donors (Lipinski definition) is 1. The van der Waals surface area contributed by atoms with Crippen LogP contribution in [0.1, 0.15) is 43.5 Å². The van der Waals surface area contributed by atoms with E-state index >= 15 is 0 Å². The molecule has 1 aliphatic carbocycles. The number of aryl methyl sites for hydroxylation is 1. The van der Waals surface area contributed by atoms with Gasteiger partial charge in [-0.15, -0.1) is 0 Å². The molecule has 0 aliphatic heterocycles. The van der Waals surface area contributed by atoms with Crippen LogP contribution in [0.15, 0.2) is 18.3 Å². The predicted octanol–water partition coefficient (Wildman–Crippen LogP) is 1.99. The average molecular weight is 204 g/mol. The van der Waals surface area contributed by atoms with Crippen LogP contribution in [0, 0.1) is 0 Å². The first kappa shape index (κ1) is 10.1. The van der Waals surface area contributed by atoms with E-state index in [4.69, 9.17) is 0 Å². The standard InChI is InChI=1S/C12H16N2O/c1-9(15)14-11-7-3-2-5-10-6-4-8-13-12(10)11/h4,6,8,11H,2-3,5,7H2,1H3,(H,14,15)/t11-/m1/s1. The average Bonchev–Trinajstić information content (AvgIpc) is 2.41. The Bertz CT molecular complexity index is 362. The first-order valence-corrected chi connectivity index (χ1v) is 5.48. The molecule has 0 saturated heterocycles. The summed E-state index contributed by atoms with van der Waals surface area (Å²) in [5, 5.41) is 2.98. The normalized spacial score (nSPS) is 20.2. The van der Waals surface area contributed by atoms with E-state index in [2.05, 4.69) is 16.4 Å². The number of nitrogens with one attached hydrogen (secondary N) is 1. The van der Waals surface area contributed by atoms with Crippen molar-refractivity contribution < 1.29 is 4.79 Å². The Hall–Kier alpha value is -1.38. The largest absolute Gasteiger partial charge is 0.348 e. The maximum absolute atomic E-state index is 11.1. The number of fused-ring (bicyclic) bond motifs is 1. The minimum atomic E-state index is 0.0264. The predicted molar refractivity (Wildman–Crippen MR) is 58.3 cm³/mol. The first-order valence-electron chi connectivity index (χ1n) is 5.48. The summed E-state index contributed by atoms with van der Waals surface area (Å²) in [6.07, 6.45) is 6.23. The lowest BCUT2D eigenvalue weighted by Gasteiger charge is -2.16. The van der Waals surface area contributed by atoms with Gasteiger partial charge < -0.3 is 5.32 Å². The summed E-state index contributed by atoms with van der Waals surface area (Å²) in [5.41, 5.74) is 2.35. The number of amides is 1. The number of rotatable bonds is 1. The lowest BCUT2D eigenvalue weighted by molar-refractivity contribution is -0.119. The molecule has 3 nitrogen and oxygen atoms in total. The lowest BCUT2D eigenvalue weighted by Crippen LogP contribution is -2.26. The fourth-order valence-electron chi connectivity index (χ4n) is 2.16. The highest BCUT2D eigenvalue weighted by Crippen LogP contribution is 2.26. The third kappa shape index (κ3) is 2.35. The van der Waals surface area contributed by atoms with Gasteiger partial charge in [-0.1, -0.05) is 12.5 Å². The van der Waals surface area contributed by atoms with Gasteiger partial charge >= 0.3 is 0 Å². The Labute approximate surface area is 89.9 Å². The Kier molecular flexibility index (Phi) is 2.99. The third-order valence-corrected chi connectivity index (χ3v) is 2.82. The van der Waals surface area contributed by atoms with Crippen LogP contribution >= 0.6 is 0 Å². The van der Waals surface area contributed by atoms with Crippen LogP contribution in [-0.4, -0.2) is 10.9 Å².